The SMILES string of the molecule is CCCCCCCCC1CCC(c2nnc(-c3ccc(OCCCCC[C@@H](C)CC)cc3)s2)CC1. The van der Waals surface area contributed by atoms with E-state index in [4.69, 9.17) is 4.74 Å². The minimum Gasteiger partial charge on any atom is -0.494 e. The molecule has 1 aromatic heterocycles. The van der Waals surface area contributed by atoms with Gasteiger partial charge in [0.15, 0.2) is 0 Å². The smallest absolute Gasteiger partial charge is 0.147 e. The molecular weight excluding hydrogens is 448 g/mol. The number of nitrogens with zero attached hydrogens (tertiary/aromatic N) is 2. The first-order valence-corrected chi connectivity index (χ1v) is 15.6. The second-order valence-corrected chi connectivity index (χ2v) is 12.0. The third kappa shape index (κ3) is 10.2. The Labute approximate surface area is 219 Å². The molecule has 3 nitrogen and oxygen atoms in total. The van der Waals surface area contributed by atoms with Crippen LogP contribution in [-0.4, -0.2) is 16.8 Å². The maximum absolute atomic E-state index is 5.96. The van der Waals surface area contributed by atoms with E-state index < -0.39 is 0 Å². The zero-order valence-corrected chi connectivity index (χ0v) is 23.6. The summed E-state index contributed by atoms with van der Waals surface area (Å²) < 4.78 is 5.96. The summed E-state index contributed by atoms with van der Waals surface area (Å²) in [5.74, 6) is 3.38. The molecule has 1 aromatic carbocycles. The van der Waals surface area contributed by atoms with Crippen LogP contribution in [0.15, 0.2) is 24.3 Å². The summed E-state index contributed by atoms with van der Waals surface area (Å²) in [4.78, 5) is 0. The lowest BCUT2D eigenvalue weighted by atomic mass is 9.80. The van der Waals surface area contributed by atoms with Crippen LogP contribution >= 0.6 is 11.3 Å². The molecule has 1 aliphatic rings. The molecule has 0 N–H and O–H groups in total. The highest BCUT2D eigenvalue weighted by Crippen LogP contribution is 2.40. The van der Waals surface area contributed by atoms with Crippen molar-refractivity contribution < 1.29 is 4.74 Å². The van der Waals surface area contributed by atoms with E-state index in [2.05, 4.69) is 55.2 Å². The summed E-state index contributed by atoms with van der Waals surface area (Å²) in [5, 5.41) is 11.4. The monoisotopic (exact) mass is 498 g/mol. The van der Waals surface area contributed by atoms with Gasteiger partial charge in [0.05, 0.1) is 6.61 Å². The van der Waals surface area contributed by atoms with Crippen LogP contribution < -0.4 is 4.74 Å². The summed E-state index contributed by atoms with van der Waals surface area (Å²) in [6, 6.07) is 8.45. The number of unbranched alkanes of at least 4 members (excludes halogenated alkanes) is 7. The Morgan fingerprint density at radius 2 is 1.57 bits per heavy atom. The Bertz CT molecular complexity index is 795. The van der Waals surface area contributed by atoms with Crippen LogP contribution in [0.25, 0.3) is 10.6 Å². The first kappa shape index (κ1) is 28.2. The fourth-order valence-electron chi connectivity index (χ4n) is 5.29. The van der Waals surface area contributed by atoms with Gasteiger partial charge in [0.2, 0.25) is 0 Å². The minimum absolute atomic E-state index is 0.616. The molecule has 0 aliphatic heterocycles. The van der Waals surface area contributed by atoms with Crippen LogP contribution in [0.1, 0.15) is 134 Å². The second-order valence-electron chi connectivity index (χ2n) is 11.0. The molecule has 1 heterocycles. The number of ether oxygens (including phenoxy) is 1. The van der Waals surface area contributed by atoms with Crippen molar-refractivity contribution in [1.29, 1.82) is 0 Å². The summed E-state index contributed by atoms with van der Waals surface area (Å²) in [6.07, 6.45) is 21.6. The van der Waals surface area contributed by atoms with Crippen LogP contribution in [0.4, 0.5) is 0 Å². The molecule has 0 radical (unpaired) electrons. The lowest BCUT2D eigenvalue weighted by Gasteiger charge is -2.27. The van der Waals surface area contributed by atoms with Crippen LogP contribution in [0.5, 0.6) is 5.75 Å². The van der Waals surface area contributed by atoms with Gasteiger partial charge in [-0.15, -0.1) is 10.2 Å². The molecule has 1 saturated carbocycles. The summed E-state index contributed by atoms with van der Waals surface area (Å²) in [6.45, 7) is 7.73. The van der Waals surface area contributed by atoms with Crippen LogP contribution in [0.3, 0.4) is 0 Å². The van der Waals surface area contributed by atoms with Crippen molar-refractivity contribution in [2.45, 2.75) is 129 Å². The van der Waals surface area contributed by atoms with Crippen molar-refractivity contribution in [3.8, 4) is 16.3 Å². The van der Waals surface area contributed by atoms with Crippen LogP contribution in [0, 0.1) is 11.8 Å². The second kappa shape index (κ2) is 16.3. The van der Waals surface area contributed by atoms with Gasteiger partial charge in [0.1, 0.15) is 15.8 Å². The Hall–Kier alpha value is -1.42. The maximum atomic E-state index is 5.96. The van der Waals surface area contributed by atoms with Gasteiger partial charge in [-0.05, 0) is 68.2 Å². The summed E-state index contributed by atoms with van der Waals surface area (Å²) in [7, 11) is 0. The highest BCUT2D eigenvalue weighted by Gasteiger charge is 2.25. The number of rotatable bonds is 17. The van der Waals surface area contributed by atoms with E-state index in [1.807, 2.05) is 0 Å². The zero-order chi connectivity index (χ0) is 24.7. The average molecular weight is 499 g/mol. The first-order chi connectivity index (χ1) is 17.2. The standard InChI is InChI=1S/C31H50N2OS/c1-4-6-7-8-9-12-15-26-16-18-27(19-17-26)30-32-33-31(35-30)28-20-22-29(23-21-28)34-24-13-10-11-14-25(3)5-2/h20-23,25-27H,4-19,24H2,1-3H3/t25-,26?,27?/m0/s1. The molecule has 196 valence electrons. The zero-order valence-electron chi connectivity index (χ0n) is 22.8. The van der Waals surface area contributed by atoms with Gasteiger partial charge < -0.3 is 4.74 Å². The topological polar surface area (TPSA) is 35.0 Å². The predicted octanol–water partition coefficient (Wildman–Crippen LogP) is 10.2. The van der Waals surface area contributed by atoms with E-state index in [1.54, 1.807) is 11.3 Å². The van der Waals surface area contributed by atoms with Crippen LogP contribution in [0.2, 0.25) is 0 Å². The van der Waals surface area contributed by atoms with Gasteiger partial charge in [-0.3, -0.25) is 0 Å². The predicted molar refractivity (Wildman–Crippen MR) is 151 cm³/mol. The molecule has 4 heteroatoms. The molecule has 0 saturated heterocycles. The molecule has 35 heavy (non-hydrogen) atoms. The summed E-state index contributed by atoms with van der Waals surface area (Å²) in [5.41, 5.74) is 1.16. The third-order valence-electron chi connectivity index (χ3n) is 8.01. The van der Waals surface area contributed by atoms with Crippen molar-refractivity contribution in [2.24, 2.45) is 11.8 Å². The van der Waals surface area contributed by atoms with E-state index in [9.17, 15) is 0 Å². The molecule has 0 amide bonds. The minimum atomic E-state index is 0.616. The fraction of sp³-hybridized carbons (Fsp3) is 0.742. The average Bonchev–Trinajstić information content (AvgIpc) is 3.39. The normalized spacial score (nSPS) is 19.1. The lowest BCUT2D eigenvalue weighted by Crippen LogP contribution is -2.13. The molecule has 1 atom stereocenters. The van der Waals surface area contributed by atoms with Gasteiger partial charge in [-0.2, -0.15) is 0 Å². The van der Waals surface area contributed by atoms with Gasteiger partial charge in [0.25, 0.3) is 0 Å². The van der Waals surface area contributed by atoms with E-state index >= 15 is 0 Å². The largest absolute Gasteiger partial charge is 0.494 e. The Kier molecular flexibility index (Phi) is 13.2. The van der Waals surface area contributed by atoms with Gasteiger partial charge >= 0.3 is 0 Å². The number of benzene rings is 1. The van der Waals surface area contributed by atoms with Crippen molar-refractivity contribution >= 4 is 11.3 Å². The maximum Gasteiger partial charge on any atom is 0.147 e. The third-order valence-corrected chi connectivity index (χ3v) is 9.15. The molecule has 2 aromatic rings. The molecule has 0 bridgehead atoms. The molecular formula is C31H50N2OS. The number of hydrogen-bond donors (Lipinski definition) is 0. The van der Waals surface area contributed by atoms with Gasteiger partial charge in [-0.25, -0.2) is 0 Å². The Balaban J connectivity index is 1.34. The molecule has 1 aliphatic carbocycles. The quantitative estimate of drug-likeness (QED) is 0.203. The molecule has 0 spiro atoms. The van der Waals surface area contributed by atoms with Gasteiger partial charge in [-0.1, -0.05) is 103 Å². The van der Waals surface area contributed by atoms with Crippen molar-refractivity contribution in [1.82, 2.24) is 10.2 Å². The van der Waals surface area contributed by atoms with Gasteiger partial charge in [0, 0.05) is 11.5 Å². The number of hydrogen-bond acceptors (Lipinski definition) is 4. The summed E-state index contributed by atoms with van der Waals surface area (Å²) >= 11 is 1.80. The van der Waals surface area contributed by atoms with Crippen molar-refractivity contribution in [3.63, 3.8) is 0 Å². The molecule has 1 fully saturated rings. The van der Waals surface area contributed by atoms with Crippen molar-refractivity contribution in [3.05, 3.63) is 29.3 Å². The highest BCUT2D eigenvalue weighted by atomic mass is 32.1. The van der Waals surface area contributed by atoms with E-state index in [0.717, 1.165) is 41.2 Å². The van der Waals surface area contributed by atoms with E-state index in [0.29, 0.717) is 5.92 Å². The Morgan fingerprint density at radius 1 is 0.857 bits per heavy atom. The first-order valence-electron chi connectivity index (χ1n) is 14.8. The fourth-order valence-corrected chi connectivity index (χ4v) is 6.30. The van der Waals surface area contributed by atoms with Crippen LogP contribution in [-0.2, 0) is 0 Å². The number of aromatic nitrogens is 2. The molecule has 3 rings (SSSR count). The highest BCUT2D eigenvalue weighted by molar-refractivity contribution is 7.14. The van der Waals surface area contributed by atoms with E-state index in [-0.39, 0.29) is 0 Å². The van der Waals surface area contributed by atoms with Crippen molar-refractivity contribution in [2.75, 3.05) is 6.61 Å². The Morgan fingerprint density at radius 3 is 2.31 bits per heavy atom. The lowest BCUT2D eigenvalue weighted by molar-refractivity contribution is 0.301. The van der Waals surface area contributed by atoms with E-state index in [1.165, 1.54) is 101 Å². The molecule has 0 unspecified atom stereocenters.